The van der Waals surface area contributed by atoms with Gasteiger partial charge < -0.3 is 15.6 Å². The largest absolute Gasteiger partial charge is 0.345 e. The number of carbonyl (C=O) groups is 1. The molecule has 96 valence electrons. The highest BCUT2D eigenvalue weighted by atomic mass is 35.5. The Labute approximate surface area is 107 Å². The molecule has 17 heavy (non-hydrogen) atoms. The van der Waals surface area contributed by atoms with Crippen molar-refractivity contribution in [3.05, 3.63) is 23.0 Å². The SMILES string of the molecule is CC(C)n1cc(Cl)cc1C(=O)NC(C)(C)CN. The molecule has 0 spiro atoms. The van der Waals surface area contributed by atoms with Gasteiger partial charge in [-0.25, -0.2) is 0 Å². The Hall–Kier alpha value is -1.00. The van der Waals surface area contributed by atoms with Gasteiger partial charge in [-0.1, -0.05) is 11.6 Å². The summed E-state index contributed by atoms with van der Waals surface area (Å²) in [4.78, 5) is 12.1. The first kappa shape index (κ1) is 14.1. The van der Waals surface area contributed by atoms with Gasteiger partial charge in [0.1, 0.15) is 5.69 Å². The van der Waals surface area contributed by atoms with Gasteiger partial charge in [0.15, 0.2) is 0 Å². The molecule has 0 radical (unpaired) electrons. The third-order valence-corrected chi connectivity index (χ3v) is 2.77. The second-order valence-electron chi connectivity index (χ2n) is 5.09. The lowest BCUT2D eigenvalue weighted by atomic mass is 10.1. The molecular weight excluding hydrogens is 238 g/mol. The van der Waals surface area contributed by atoms with Gasteiger partial charge in [0.2, 0.25) is 0 Å². The molecule has 1 aromatic rings. The van der Waals surface area contributed by atoms with E-state index in [-0.39, 0.29) is 11.9 Å². The summed E-state index contributed by atoms with van der Waals surface area (Å²) in [6.45, 7) is 8.15. The zero-order valence-corrected chi connectivity index (χ0v) is 11.5. The fourth-order valence-corrected chi connectivity index (χ4v) is 1.69. The van der Waals surface area contributed by atoms with Gasteiger partial charge in [0.25, 0.3) is 5.91 Å². The Morgan fingerprint density at radius 3 is 2.65 bits per heavy atom. The van der Waals surface area contributed by atoms with Crippen LogP contribution in [0.4, 0.5) is 0 Å². The fraction of sp³-hybridized carbons (Fsp3) is 0.583. The molecule has 0 aliphatic heterocycles. The number of halogens is 1. The molecule has 1 amide bonds. The van der Waals surface area contributed by atoms with E-state index in [0.717, 1.165) is 0 Å². The van der Waals surface area contributed by atoms with Crippen LogP contribution in [0.25, 0.3) is 0 Å². The van der Waals surface area contributed by atoms with Crippen LogP contribution < -0.4 is 11.1 Å². The van der Waals surface area contributed by atoms with E-state index in [2.05, 4.69) is 5.32 Å². The van der Waals surface area contributed by atoms with Crippen LogP contribution in [-0.4, -0.2) is 22.6 Å². The van der Waals surface area contributed by atoms with Crippen molar-refractivity contribution in [2.45, 2.75) is 39.3 Å². The van der Waals surface area contributed by atoms with Gasteiger partial charge in [0, 0.05) is 24.3 Å². The van der Waals surface area contributed by atoms with Gasteiger partial charge >= 0.3 is 0 Å². The normalized spacial score (nSPS) is 11.9. The minimum absolute atomic E-state index is 0.152. The van der Waals surface area contributed by atoms with E-state index in [1.807, 2.05) is 32.3 Å². The first-order valence-electron chi connectivity index (χ1n) is 5.67. The van der Waals surface area contributed by atoms with Gasteiger partial charge in [-0.05, 0) is 33.8 Å². The predicted molar refractivity (Wildman–Crippen MR) is 70.4 cm³/mol. The maximum atomic E-state index is 12.1. The summed E-state index contributed by atoms with van der Waals surface area (Å²) in [7, 11) is 0. The van der Waals surface area contributed by atoms with Gasteiger partial charge in [-0.15, -0.1) is 0 Å². The average Bonchev–Trinajstić information content (AvgIpc) is 2.60. The molecule has 4 nitrogen and oxygen atoms in total. The number of hydrogen-bond donors (Lipinski definition) is 2. The average molecular weight is 258 g/mol. The maximum absolute atomic E-state index is 12.1. The van der Waals surface area contributed by atoms with Crippen LogP contribution in [0.15, 0.2) is 12.3 Å². The molecule has 1 rings (SSSR count). The molecule has 3 N–H and O–H groups in total. The van der Waals surface area contributed by atoms with Crippen LogP contribution in [0, 0.1) is 0 Å². The van der Waals surface area contributed by atoms with Gasteiger partial charge in [0.05, 0.1) is 5.02 Å². The van der Waals surface area contributed by atoms with Crippen LogP contribution in [0.5, 0.6) is 0 Å². The van der Waals surface area contributed by atoms with Crippen molar-refractivity contribution in [2.75, 3.05) is 6.54 Å². The van der Waals surface area contributed by atoms with Crippen LogP contribution in [-0.2, 0) is 0 Å². The van der Waals surface area contributed by atoms with Crippen molar-refractivity contribution in [2.24, 2.45) is 5.73 Å². The number of aromatic nitrogens is 1. The van der Waals surface area contributed by atoms with Gasteiger partial charge in [-0.2, -0.15) is 0 Å². The van der Waals surface area contributed by atoms with E-state index in [1.54, 1.807) is 12.3 Å². The third kappa shape index (κ3) is 3.48. The highest BCUT2D eigenvalue weighted by Crippen LogP contribution is 2.19. The monoisotopic (exact) mass is 257 g/mol. The Morgan fingerprint density at radius 1 is 1.59 bits per heavy atom. The van der Waals surface area contributed by atoms with E-state index in [9.17, 15) is 4.79 Å². The van der Waals surface area contributed by atoms with Crippen molar-refractivity contribution < 1.29 is 4.79 Å². The lowest BCUT2D eigenvalue weighted by molar-refractivity contribution is 0.0904. The van der Waals surface area contributed by atoms with Crippen molar-refractivity contribution in [1.82, 2.24) is 9.88 Å². The first-order valence-corrected chi connectivity index (χ1v) is 6.04. The molecule has 0 saturated carbocycles. The summed E-state index contributed by atoms with van der Waals surface area (Å²) < 4.78 is 1.85. The lowest BCUT2D eigenvalue weighted by Gasteiger charge is -2.25. The predicted octanol–water partition coefficient (Wildman–Crippen LogP) is 2.19. The summed E-state index contributed by atoms with van der Waals surface area (Å²) in [6.07, 6.45) is 1.76. The van der Waals surface area contributed by atoms with Crippen LogP contribution in [0.3, 0.4) is 0 Å². The summed E-state index contributed by atoms with van der Waals surface area (Å²) in [6, 6.07) is 1.85. The minimum atomic E-state index is -0.421. The first-order chi connectivity index (χ1) is 7.76. The van der Waals surface area contributed by atoms with Crippen molar-refractivity contribution in [3.63, 3.8) is 0 Å². The van der Waals surface area contributed by atoms with Crippen LogP contribution in [0.2, 0.25) is 5.02 Å². The topological polar surface area (TPSA) is 60.0 Å². The lowest BCUT2D eigenvalue weighted by Crippen LogP contribution is -2.49. The Balaban J connectivity index is 2.96. The zero-order chi connectivity index (χ0) is 13.2. The number of hydrogen-bond acceptors (Lipinski definition) is 2. The molecule has 0 aliphatic carbocycles. The Bertz CT molecular complexity index is 410. The van der Waals surface area contributed by atoms with Gasteiger partial charge in [-0.3, -0.25) is 4.79 Å². The van der Waals surface area contributed by atoms with E-state index in [1.165, 1.54) is 0 Å². The number of nitrogens with one attached hydrogen (secondary N) is 1. The quantitative estimate of drug-likeness (QED) is 0.869. The summed E-state index contributed by atoms with van der Waals surface area (Å²) in [5, 5.41) is 3.45. The molecule has 0 unspecified atom stereocenters. The Morgan fingerprint density at radius 2 is 2.18 bits per heavy atom. The molecule has 0 bridgehead atoms. The third-order valence-electron chi connectivity index (χ3n) is 2.57. The van der Waals surface area contributed by atoms with Crippen LogP contribution in [0.1, 0.15) is 44.2 Å². The van der Waals surface area contributed by atoms with E-state index < -0.39 is 5.54 Å². The highest BCUT2D eigenvalue weighted by molar-refractivity contribution is 6.31. The van der Waals surface area contributed by atoms with E-state index in [4.69, 9.17) is 17.3 Å². The molecule has 1 aromatic heterocycles. The number of nitrogens with zero attached hydrogens (tertiary/aromatic N) is 1. The summed E-state index contributed by atoms with van der Waals surface area (Å²) in [5.74, 6) is -0.152. The number of rotatable bonds is 4. The molecule has 0 fully saturated rings. The van der Waals surface area contributed by atoms with Crippen molar-refractivity contribution in [1.29, 1.82) is 0 Å². The molecule has 0 atom stereocenters. The number of carbonyl (C=O) groups excluding carboxylic acids is 1. The fourth-order valence-electron chi connectivity index (χ4n) is 1.48. The highest BCUT2D eigenvalue weighted by Gasteiger charge is 2.22. The standard InChI is InChI=1S/C12H20ClN3O/c1-8(2)16-6-9(13)5-10(16)11(17)15-12(3,4)7-14/h5-6,8H,7,14H2,1-4H3,(H,15,17). The minimum Gasteiger partial charge on any atom is -0.345 e. The molecule has 5 heteroatoms. The zero-order valence-electron chi connectivity index (χ0n) is 10.7. The smallest absolute Gasteiger partial charge is 0.268 e. The van der Waals surface area contributed by atoms with Crippen molar-refractivity contribution >= 4 is 17.5 Å². The molecule has 0 saturated heterocycles. The molecule has 0 aliphatic rings. The molecular formula is C12H20ClN3O. The Kier molecular flexibility index (Phi) is 4.22. The number of amides is 1. The van der Waals surface area contributed by atoms with E-state index >= 15 is 0 Å². The van der Waals surface area contributed by atoms with Crippen molar-refractivity contribution in [3.8, 4) is 0 Å². The summed E-state index contributed by atoms with van der Waals surface area (Å²) >= 11 is 5.93. The number of nitrogens with two attached hydrogens (primary N) is 1. The van der Waals surface area contributed by atoms with Crippen LogP contribution >= 0.6 is 11.6 Å². The molecule has 0 aromatic carbocycles. The second-order valence-corrected chi connectivity index (χ2v) is 5.52. The molecule has 1 heterocycles. The summed E-state index contributed by atoms with van der Waals surface area (Å²) in [5.41, 5.74) is 5.73. The second kappa shape index (κ2) is 5.10. The van der Waals surface area contributed by atoms with E-state index in [0.29, 0.717) is 17.3 Å². The maximum Gasteiger partial charge on any atom is 0.268 e.